The Hall–Kier alpha value is -3.32. The van der Waals surface area contributed by atoms with E-state index in [4.69, 9.17) is 0 Å². The van der Waals surface area contributed by atoms with E-state index in [-0.39, 0.29) is 0 Å². The number of rotatable bonds is 4. The van der Waals surface area contributed by atoms with E-state index in [9.17, 15) is 4.79 Å². The van der Waals surface area contributed by atoms with Crippen LogP contribution in [0.1, 0.15) is 10.4 Å². The largest absolute Gasteiger partial charge is 0.369 e. The molecule has 0 amide bonds. The van der Waals surface area contributed by atoms with E-state index in [2.05, 4.69) is 79.7 Å². The molecule has 3 aromatic rings. The van der Waals surface area contributed by atoms with E-state index in [0.717, 1.165) is 64.5 Å². The number of carbonyl (C=O) groups excluding carboxylic acids is 1. The second kappa shape index (κ2) is 10.8. The lowest BCUT2D eigenvalue weighted by atomic mass is 10.2. The second-order valence-electron chi connectivity index (χ2n) is 8.05. The minimum atomic E-state index is 0.667. The highest BCUT2D eigenvalue weighted by molar-refractivity contribution is 5.82. The van der Waals surface area contributed by atoms with Crippen LogP contribution in [0.5, 0.6) is 0 Å². The van der Waals surface area contributed by atoms with Crippen molar-refractivity contribution in [2.45, 2.75) is 0 Å². The maximum Gasteiger partial charge on any atom is 0.155 e. The standard InChI is InChI=1S/C15H18N4O.C10H14N2/c1-17-15(13(12-20)11-16-17)19-9-7-18(8-10-19)14-5-3-2-4-6-14;1-2-4-10(5-3-1)12-8-6-11-7-9-12/h2-6,11-12H,7-10H2,1H3;1-5,11H,6-9H2. The zero-order valence-electron chi connectivity index (χ0n) is 18.7. The van der Waals surface area contributed by atoms with E-state index < -0.39 is 0 Å². The van der Waals surface area contributed by atoms with Crippen LogP contribution in [0, 0.1) is 0 Å². The minimum Gasteiger partial charge on any atom is -0.369 e. The van der Waals surface area contributed by atoms with Gasteiger partial charge in [-0.3, -0.25) is 9.48 Å². The second-order valence-corrected chi connectivity index (χ2v) is 8.05. The van der Waals surface area contributed by atoms with Crippen molar-refractivity contribution < 1.29 is 4.79 Å². The lowest BCUT2D eigenvalue weighted by molar-refractivity contribution is 0.112. The Morgan fingerprint density at radius 1 is 0.750 bits per heavy atom. The lowest BCUT2D eigenvalue weighted by Crippen LogP contribution is -2.47. The third kappa shape index (κ3) is 5.29. The highest BCUT2D eigenvalue weighted by Gasteiger charge is 2.21. The van der Waals surface area contributed by atoms with Gasteiger partial charge in [-0.05, 0) is 24.3 Å². The number of piperazine rings is 2. The highest BCUT2D eigenvalue weighted by Crippen LogP contribution is 2.22. The first-order valence-corrected chi connectivity index (χ1v) is 11.3. The molecule has 168 valence electrons. The number of nitrogens with zero attached hydrogens (tertiary/aromatic N) is 5. The van der Waals surface area contributed by atoms with Crippen LogP contribution in [0.25, 0.3) is 0 Å². The first kappa shape index (κ1) is 21.9. The van der Waals surface area contributed by atoms with Gasteiger partial charge in [0.15, 0.2) is 6.29 Å². The van der Waals surface area contributed by atoms with Gasteiger partial charge in [0.1, 0.15) is 5.82 Å². The zero-order chi connectivity index (χ0) is 22.2. The Morgan fingerprint density at radius 2 is 1.25 bits per heavy atom. The van der Waals surface area contributed by atoms with Crippen molar-refractivity contribution in [2.24, 2.45) is 7.05 Å². The van der Waals surface area contributed by atoms with Gasteiger partial charge in [-0.15, -0.1) is 0 Å². The molecule has 5 rings (SSSR count). The molecule has 7 heteroatoms. The van der Waals surface area contributed by atoms with Gasteiger partial charge in [0.25, 0.3) is 0 Å². The first-order valence-electron chi connectivity index (χ1n) is 11.3. The van der Waals surface area contributed by atoms with Crippen LogP contribution >= 0.6 is 0 Å². The van der Waals surface area contributed by atoms with Crippen molar-refractivity contribution in [2.75, 3.05) is 67.1 Å². The first-order chi connectivity index (χ1) is 15.8. The topological polar surface area (TPSA) is 56.6 Å². The van der Waals surface area contributed by atoms with Gasteiger partial charge < -0.3 is 20.0 Å². The number of benzene rings is 2. The Labute approximate surface area is 190 Å². The maximum atomic E-state index is 11.1. The predicted molar refractivity (Wildman–Crippen MR) is 131 cm³/mol. The average molecular weight is 433 g/mol. The SMILES string of the molecule is Cn1ncc(C=O)c1N1CCN(c2ccccc2)CC1.c1ccc(N2CCNCC2)cc1. The molecule has 2 aliphatic heterocycles. The summed E-state index contributed by atoms with van der Waals surface area (Å²) in [4.78, 5) is 18.1. The van der Waals surface area contributed by atoms with E-state index >= 15 is 0 Å². The molecule has 0 aliphatic carbocycles. The Kier molecular flexibility index (Phi) is 7.40. The van der Waals surface area contributed by atoms with Gasteiger partial charge in [0.2, 0.25) is 0 Å². The van der Waals surface area contributed by atoms with Gasteiger partial charge in [0, 0.05) is 70.8 Å². The van der Waals surface area contributed by atoms with Crippen LogP contribution in [0.2, 0.25) is 0 Å². The molecule has 2 saturated heterocycles. The fourth-order valence-corrected chi connectivity index (χ4v) is 4.30. The molecule has 0 unspecified atom stereocenters. The Morgan fingerprint density at radius 3 is 1.78 bits per heavy atom. The molecule has 2 fully saturated rings. The summed E-state index contributed by atoms with van der Waals surface area (Å²) in [7, 11) is 1.88. The molecule has 0 saturated carbocycles. The van der Waals surface area contributed by atoms with Crippen LogP contribution in [-0.2, 0) is 7.05 Å². The zero-order valence-corrected chi connectivity index (χ0v) is 18.7. The molecule has 2 aromatic carbocycles. The number of nitrogens with one attached hydrogen (secondary N) is 1. The molecule has 0 bridgehead atoms. The smallest absolute Gasteiger partial charge is 0.155 e. The van der Waals surface area contributed by atoms with Gasteiger partial charge in [-0.2, -0.15) is 5.10 Å². The number of carbonyl (C=O) groups is 1. The molecule has 0 radical (unpaired) electrons. The molecule has 32 heavy (non-hydrogen) atoms. The molecular weight excluding hydrogens is 400 g/mol. The van der Waals surface area contributed by atoms with Crippen LogP contribution in [-0.4, -0.2) is 68.4 Å². The summed E-state index contributed by atoms with van der Waals surface area (Å²) in [5.74, 6) is 0.924. The molecule has 1 N–H and O–H groups in total. The fraction of sp³-hybridized carbons (Fsp3) is 0.360. The van der Waals surface area contributed by atoms with Gasteiger partial charge in [0.05, 0.1) is 11.8 Å². The third-order valence-corrected chi connectivity index (χ3v) is 6.00. The van der Waals surface area contributed by atoms with Gasteiger partial charge in [-0.25, -0.2) is 0 Å². The summed E-state index contributed by atoms with van der Waals surface area (Å²) >= 11 is 0. The van der Waals surface area contributed by atoms with Crippen molar-refractivity contribution in [1.82, 2.24) is 15.1 Å². The number of aromatic nitrogens is 2. The summed E-state index contributed by atoms with van der Waals surface area (Å²) in [6, 6.07) is 21.0. The fourth-order valence-electron chi connectivity index (χ4n) is 4.30. The normalized spacial score (nSPS) is 16.3. The Balaban J connectivity index is 0.000000174. The summed E-state index contributed by atoms with van der Waals surface area (Å²) < 4.78 is 1.78. The average Bonchev–Trinajstić information content (AvgIpc) is 3.26. The monoisotopic (exact) mass is 432 g/mol. The summed E-state index contributed by atoms with van der Waals surface area (Å²) in [6.45, 7) is 8.17. The Bertz CT molecular complexity index is 961. The van der Waals surface area contributed by atoms with E-state index in [0.29, 0.717) is 5.56 Å². The van der Waals surface area contributed by atoms with Crippen LogP contribution in [0.15, 0.2) is 66.9 Å². The molecule has 2 aliphatic rings. The van der Waals surface area contributed by atoms with Crippen LogP contribution < -0.4 is 20.0 Å². The van der Waals surface area contributed by atoms with E-state index in [1.165, 1.54) is 11.4 Å². The predicted octanol–water partition coefficient (Wildman–Crippen LogP) is 2.66. The van der Waals surface area contributed by atoms with E-state index in [1.54, 1.807) is 10.9 Å². The number of para-hydroxylation sites is 2. The van der Waals surface area contributed by atoms with Gasteiger partial charge >= 0.3 is 0 Å². The molecule has 3 heterocycles. The third-order valence-electron chi connectivity index (χ3n) is 6.00. The summed E-state index contributed by atoms with van der Waals surface area (Å²) in [6.07, 6.45) is 2.51. The van der Waals surface area contributed by atoms with Crippen molar-refractivity contribution in [3.05, 3.63) is 72.4 Å². The van der Waals surface area contributed by atoms with Crippen molar-refractivity contribution >= 4 is 23.5 Å². The number of hydrogen-bond donors (Lipinski definition) is 1. The van der Waals surface area contributed by atoms with Crippen LogP contribution in [0.4, 0.5) is 17.2 Å². The number of aryl methyl sites for hydroxylation is 1. The van der Waals surface area contributed by atoms with Crippen LogP contribution in [0.3, 0.4) is 0 Å². The lowest BCUT2D eigenvalue weighted by Gasteiger charge is -2.37. The number of hydrogen-bond acceptors (Lipinski definition) is 6. The highest BCUT2D eigenvalue weighted by atomic mass is 16.1. The number of anilines is 3. The summed E-state index contributed by atoms with van der Waals surface area (Å²) in [5, 5.41) is 7.51. The molecule has 0 atom stereocenters. The molecule has 0 spiro atoms. The minimum absolute atomic E-state index is 0.667. The van der Waals surface area contributed by atoms with Crippen molar-refractivity contribution in [1.29, 1.82) is 0 Å². The maximum absolute atomic E-state index is 11.1. The quantitative estimate of drug-likeness (QED) is 0.640. The number of aldehydes is 1. The van der Waals surface area contributed by atoms with Gasteiger partial charge in [-0.1, -0.05) is 36.4 Å². The summed E-state index contributed by atoms with van der Waals surface area (Å²) in [5.41, 5.74) is 3.27. The van der Waals surface area contributed by atoms with Crippen molar-refractivity contribution in [3.63, 3.8) is 0 Å². The molecule has 1 aromatic heterocycles. The van der Waals surface area contributed by atoms with Crippen molar-refractivity contribution in [3.8, 4) is 0 Å². The molecular formula is C25H32N6O. The van der Waals surface area contributed by atoms with E-state index in [1.807, 2.05) is 13.1 Å². The molecule has 7 nitrogen and oxygen atoms in total.